The number of rotatable bonds is 2. The van der Waals surface area contributed by atoms with E-state index >= 15 is 0 Å². The molecule has 0 aliphatic carbocycles. The SMILES string of the molecule is Cc1ccc2oc(C(=O)N(C)C3CC4CCC(C3)N4)cc2c1.Cl. The fourth-order valence-corrected chi connectivity index (χ4v) is 3.95. The van der Waals surface area contributed by atoms with Crippen molar-refractivity contribution in [1.29, 1.82) is 0 Å². The lowest BCUT2D eigenvalue weighted by Crippen LogP contribution is -2.48. The van der Waals surface area contributed by atoms with Crippen LogP contribution in [0.5, 0.6) is 0 Å². The van der Waals surface area contributed by atoms with E-state index in [9.17, 15) is 4.79 Å². The van der Waals surface area contributed by atoms with E-state index in [0.717, 1.165) is 23.8 Å². The third kappa shape index (κ3) is 2.98. The number of hydrogen-bond acceptors (Lipinski definition) is 3. The average Bonchev–Trinajstić information content (AvgIpc) is 3.08. The molecule has 0 spiro atoms. The van der Waals surface area contributed by atoms with Crippen LogP contribution in [-0.2, 0) is 0 Å². The van der Waals surface area contributed by atoms with Crippen molar-refractivity contribution in [1.82, 2.24) is 10.2 Å². The van der Waals surface area contributed by atoms with Crippen molar-refractivity contribution >= 4 is 29.3 Å². The third-order valence-corrected chi connectivity index (χ3v) is 5.20. The van der Waals surface area contributed by atoms with E-state index in [4.69, 9.17) is 4.42 Å². The highest BCUT2D eigenvalue weighted by molar-refractivity contribution is 5.96. The number of carbonyl (C=O) groups is 1. The molecule has 0 saturated carbocycles. The zero-order valence-electron chi connectivity index (χ0n) is 13.5. The highest BCUT2D eigenvalue weighted by Crippen LogP contribution is 2.30. The van der Waals surface area contributed by atoms with E-state index in [2.05, 4.69) is 11.4 Å². The van der Waals surface area contributed by atoms with Gasteiger partial charge in [0, 0.05) is 30.6 Å². The second kappa shape index (κ2) is 6.17. The average molecular weight is 335 g/mol. The molecule has 2 aliphatic rings. The van der Waals surface area contributed by atoms with Crippen LogP contribution >= 0.6 is 12.4 Å². The summed E-state index contributed by atoms with van der Waals surface area (Å²) in [5.74, 6) is 0.453. The van der Waals surface area contributed by atoms with Gasteiger partial charge in [-0.3, -0.25) is 4.79 Å². The third-order valence-electron chi connectivity index (χ3n) is 5.20. The van der Waals surface area contributed by atoms with Crippen molar-refractivity contribution in [2.45, 2.75) is 50.7 Å². The Bertz CT molecular complexity index is 715. The molecule has 0 radical (unpaired) electrons. The Morgan fingerprint density at radius 1 is 1.22 bits per heavy atom. The molecule has 4 rings (SSSR count). The molecular weight excluding hydrogens is 312 g/mol. The summed E-state index contributed by atoms with van der Waals surface area (Å²) in [6.07, 6.45) is 4.59. The molecule has 1 N–H and O–H groups in total. The molecular formula is C18H23ClN2O2. The maximum atomic E-state index is 12.7. The van der Waals surface area contributed by atoms with Crippen LogP contribution in [0.2, 0.25) is 0 Å². The Hall–Kier alpha value is -1.52. The molecule has 2 fully saturated rings. The van der Waals surface area contributed by atoms with Gasteiger partial charge in [-0.2, -0.15) is 0 Å². The smallest absolute Gasteiger partial charge is 0.289 e. The highest BCUT2D eigenvalue weighted by Gasteiger charge is 2.37. The normalized spacial score (nSPS) is 26.1. The Labute approximate surface area is 142 Å². The monoisotopic (exact) mass is 334 g/mol. The van der Waals surface area contributed by atoms with Gasteiger partial charge in [-0.25, -0.2) is 0 Å². The Morgan fingerprint density at radius 2 is 1.91 bits per heavy atom. The molecule has 23 heavy (non-hydrogen) atoms. The zero-order chi connectivity index (χ0) is 15.3. The summed E-state index contributed by atoms with van der Waals surface area (Å²) in [6.45, 7) is 2.05. The van der Waals surface area contributed by atoms with Crippen LogP contribution in [0, 0.1) is 6.92 Å². The van der Waals surface area contributed by atoms with Crippen molar-refractivity contribution in [3.8, 4) is 0 Å². The number of hydrogen-bond donors (Lipinski definition) is 1. The van der Waals surface area contributed by atoms with Gasteiger partial charge >= 0.3 is 0 Å². The number of aryl methyl sites for hydroxylation is 1. The minimum Gasteiger partial charge on any atom is -0.451 e. The van der Waals surface area contributed by atoms with Crippen molar-refractivity contribution in [2.75, 3.05) is 7.05 Å². The quantitative estimate of drug-likeness (QED) is 0.914. The van der Waals surface area contributed by atoms with E-state index in [1.165, 1.54) is 18.4 Å². The van der Waals surface area contributed by atoms with Gasteiger partial charge in [-0.05, 0) is 50.8 Å². The molecule has 2 atom stereocenters. The van der Waals surface area contributed by atoms with Crippen LogP contribution < -0.4 is 5.32 Å². The van der Waals surface area contributed by atoms with E-state index in [1.54, 1.807) is 0 Å². The standard InChI is InChI=1S/C18H22N2O2.ClH/c1-11-3-6-16-12(7-11)8-17(22-16)18(21)20(2)15-9-13-4-5-14(10-15)19-13;/h3,6-8,13-15,19H,4-5,9-10H2,1-2H3;1H. The summed E-state index contributed by atoms with van der Waals surface area (Å²) in [4.78, 5) is 14.6. The molecule has 1 aromatic heterocycles. The van der Waals surface area contributed by atoms with Crippen LogP contribution in [0.1, 0.15) is 41.8 Å². The first-order valence-corrected chi connectivity index (χ1v) is 8.13. The number of amides is 1. The lowest BCUT2D eigenvalue weighted by molar-refractivity contribution is 0.0652. The first kappa shape index (κ1) is 16.3. The molecule has 5 heteroatoms. The van der Waals surface area contributed by atoms with Crippen molar-refractivity contribution in [2.24, 2.45) is 0 Å². The topological polar surface area (TPSA) is 45.5 Å². The summed E-state index contributed by atoms with van der Waals surface area (Å²) >= 11 is 0. The van der Waals surface area contributed by atoms with Crippen LogP contribution in [-0.4, -0.2) is 36.0 Å². The summed E-state index contributed by atoms with van der Waals surface area (Å²) < 4.78 is 5.76. The second-order valence-electron chi connectivity index (χ2n) is 6.83. The zero-order valence-corrected chi connectivity index (χ0v) is 14.4. The molecule has 2 unspecified atom stereocenters. The molecule has 2 aliphatic heterocycles. The minimum atomic E-state index is 0. The summed E-state index contributed by atoms with van der Waals surface area (Å²) in [5.41, 5.74) is 1.96. The number of carbonyl (C=O) groups excluding carboxylic acids is 1. The molecule has 2 saturated heterocycles. The molecule has 4 nitrogen and oxygen atoms in total. The Balaban J connectivity index is 0.00000156. The van der Waals surface area contributed by atoms with E-state index in [1.807, 2.05) is 37.1 Å². The number of furan rings is 1. The predicted molar refractivity (Wildman–Crippen MR) is 93.3 cm³/mol. The van der Waals surface area contributed by atoms with Gasteiger partial charge in [0.1, 0.15) is 5.58 Å². The van der Waals surface area contributed by atoms with Gasteiger partial charge in [0.25, 0.3) is 5.91 Å². The molecule has 1 amide bonds. The van der Waals surface area contributed by atoms with Gasteiger partial charge in [0.05, 0.1) is 0 Å². The highest BCUT2D eigenvalue weighted by atomic mass is 35.5. The first-order valence-electron chi connectivity index (χ1n) is 8.13. The number of nitrogens with one attached hydrogen (secondary N) is 1. The van der Waals surface area contributed by atoms with Crippen molar-refractivity contribution < 1.29 is 9.21 Å². The van der Waals surface area contributed by atoms with Gasteiger partial charge in [-0.1, -0.05) is 11.6 Å². The molecule has 2 bridgehead atoms. The van der Waals surface area contributed by atoms with E-state index < -0.39 is 0 Å². The van der Waals surface area contributed by atoms with Crippen LogP contribution in [0.3, 0.4) is 0 Å². The number of halogens is 1. The van der Waals surface area contributed by atoms with Gasteiger partial charge in [0.15, 0.2) is 5.76 Å². The maximum absolute atomic E-state index is 12.7. The molecule has 2 aromatic rings. The fraction of sp³-hybridized carbons (Fsp3) is 0.500. The minimum absolute atomic E-state index is 0. The van der Waals surface area contributed by atoms with Gasteiger partial charge in [-0.15, -0.1) is 12.4 Å². The lowest BCUT2D eigenvalue weighted by atomic mass is 9.98. The van der Waals surface area contributed by atoms with Crippen molar-refractivity contribution in [3.05, 3.63) is 35.6 Å². The number of benzene rings is 1. The summed E-state index contributed by atoms with van der Waals surface area (Å²) in [6, 6.07) is 9.36. The second-order valence-corrected chi connectivity index (χ2v) is 6.83. The summed E-state index contributed by atoms with van der Waals surface area (Å²) in [7, 11) is 1.91. The summed E-state index contributed by atoms with van der Waals surface area (Å²) in [5, 5.41) is 4.62. The van der Waals surface area contributed by atoms with Crippen LogP contribution in [0.25, 0.3) is 11.0 Å². The molecule has 3 heterocycles. The van der Waals surface area contributed by atoms with Gasteiger partial charge in [0.2, 0.25) is 0 Å². The Kier molecular flexibility index (Phi) is 4.39. The largest absolute Gasteiger partial charge is 0.451 e. The fourth-order valence-electron chi connectivity index (χ4n) is 3.95. The lowest BCUT2D eigenvalue weighted by Gasteiger charge is -2.35. The number of piperidine rings is 1. The van der Waals surface area contributed by atoms with E-state index in [0.29, 0.717) is 23.9 Å². The molecule has 124 valence electrons. The van der Waals surface area contributed by atoms with Crippen LogP contribution in [0.15, 0.2) is 28.7 Å². The van der Waals surface area contributed by atoms with E-state index in [-0.39, 0.29) is 18.3 Å². The Morgan fingerprint density at radius 3 is 2.61 bits per heavy atom. The maximum Gasteiger partial charge on any atom is 0.289 e. The number of nitrogens with zero attached hydrogens (tertiary/aromatic N) is 1. The first-order chi connectivity index (χ1) is 10.6. The van der Waals surface area contributed by atoms with Crippen molar-refractivity contribution in [3.63, 3.8) is 0 Å². The molecule has 1 aromatic carbocycles. The van der Waals surface area contributed by atoms with Gasteiger partial charge < -0.3 is 14.6 Å². The predicted octanol–water partition coefficient (Wildman–Crippen LogP) is 3.52. The van der Waals surface area contributed by atoms with Crippen LogP contribution in [0.4, 0.5) is 0 Å². The number of fused-ring (bicyclic) bond motifs is 3.